The molecule has 0 aliphatic heterocycles. The molecule has 4 nitrogen and oxygen atoms in total. The van der Waals surface area contributed by atoms with Crippen molar-refractivity contribution in [2.24, 2.45) is 0 Å². The maximum Gasteiger partial charge on any atom is 0.242 e. The Morgan fingerprint density at radius 3 is 2.53 bits per heavy atom. The van der Waals surface area contributed by atoms with Crippen LogP contribution < -0.4 is 5.32 Å². The lowest BCUT2D eigenvalue weighted by molar-refractivity contribution is 0.519. The molecule has 0 bridgehead atoms. The summed E-state index contributed by atoms with van der Waals surface area (Å²) in [5, 5.41) is 3.20. The van der Waals surface area contributed by atoms with Crippen molar-refractivity contribution in [2.45, 2.75) is 37.2 Å². The molecule has 1 fully saturated rings. The zero-order chi connectivity index (χ0) is 14.2. The minimum absolute atomic E-state index is 0.143. The first-order chi connectivity index (χ1) is 8.82. The van der Waals surface area contributed by atoms with Crippen molar-refractivity contribution in [2.75, 3.05) is 14.1 Å². The van der Waals surface area contributed by atoms with Crippen molar-refractivity contribution in [3.63, 3.8) is 0 Å². The lowest BCUT2D eigenvalue weighted by atomic mass is 10.1. The summed E-state index contributed by atoms with van der Waals surface area (Å²) in [6.45, 7) is 1.96. The molecule has 0 aromatic heterocycles. The van der Waals surface area contributed by atoms with Crippen LogP contribution in [0.3, 0.4) is 0 Å². The van der Waals surface area contributed by atoms with Crippen LogP contribution in [0.25, 0.3) is 0 Å². The van der Waals surface area contributed by atoms with Gasteiger partial charge in [-0.3, -0.25) is 0 Å². The number of hydrogen-bond donors (Lipinski definition) is 1. The van der Waals surface area contributed by atoms with Crippen LogP contribution in [0.4, 0.5) is 4.39 Å². The Hall–Kier alpha value is -0.980. The van der Waals surface area contributed by atoms with E-state index in [1.54, 1.807) is 6.92 Å². The molecule has 1 aromatic carbocycles. The quantitative estimate of drug-likeness (QED) is 0.895. The van der Waals surface area contributed by atoms with Gasteiger partial charge in [0.15, 0.2) is 0 Å². The molecule has 0 saturated heterocycles. The van der Waals surface area contributed by atoms with E-state index in [4.69, 9.17) is 0 Å². The molecule has 0 unspecified atom stereocenters. The Labute approximate surface area is 113 Å². The normalized spacial score (nSPS) is 16.1. The molecule has 106 valence electrons. The van der Waals surface area contributed by atoms with E-state index in [-0.39, 0.29) is 10.7 Å². The zero-order valence-corrected chi connectivity index (χ0v) is 12.2. The Morgan fingerprint density at radius 2 is 2.00 bits per heavy atom. The molecule has 0 radical (unpaired) electrons. The Balaban J connectivity index is 2.35. The smallest absolute Gasteiger partial charge is 0.242 e. The summed E-state index contributed by atoms with van der Waals surface area (Å²) in [4.78, 5) is 0.143. The predicted molar refractivity (Wildman–Crippen MR) is 71.9 cm³/mol. The van der Waals surface area contributed by atoms with Crippen LogP contribution in [0.15, 0.2) is 17.0 Å². The fourth-order valence-corrected chi connectivity index (χ4v) is 2.88. The van der Waals surface area contributed by atoms with E-state index in [2.05, 4.69) is 5.32 Å². The molecular formula is C13H19FN2O2S. The number of sulfonamides is 1. The number of hydrogen-bond acceptors (Lipinski definition) is 3. The third-order valence-corrected chi connectivity index (χ3v) is 5.03. The molecular weight excluding hydrogens is 267 g/mol. The van der Waals surface area contributed by atoms with Crippen LogP contribution in [0.2, 0.25) is 0 Å². The first kappa shape index (κ1) is 14.4. The molecule has 0 atom stereocenters. The van der Waals surface area contributed by atoms with E-state index in [1.807, 2.05) is 0 Å². The average molecular weight is 286 g/mol. The highest BCUT2D eigenvalue weighted by molar-refractivity contribution is 7.89. The Bertz CT molecular complexity index is 581. The summed E-state index contributed by atoms with van der Waals surface area (Å²) < 4.78 is 39.3. The number of aryl methyl sites for hydroxylation is 1. The van der Waals surface area contributed by atoms with Crippen molar-refractivity contribution in [1.82, 2.24) is 9.62 Å². The maximum atomic E-state index is 14.0. The van der Waals surface area contributed by atoms with E-state index in [1.165, 1.54) is 26.2 Å². The van der Waals surface area contributed by atoms with E-state index in [0.717, 1.165) is 17.1 Å². The molecule has 1 saturated carbocycles. The first-order valence-electron chi connectivity index (χ1n) is 6.27. The lowest BCUT2D eigenvalue weighted by Crippen LogP contribution is -2.23. The van der Waals surface area contributed by atoms with Gasteiger partial charge >= 0.3 is 0 Å². The fraction of sp³-hybridized carbons (Fsp3) is 0.538. The minimum Gasteiger partial charge on any atom is -0.310 e. The first-order valence-corrected chi connectivity index (χ1v) is 7.71. The van der Waals surface area contributed by atoms with E-state index < -0.39 is 10.0 Å². The second-order valence-electron chi connectivity index (χ2n) is 5.16. The molecule has 0 heterocycles. The summed E-state index contributed by atoms with van der Waals surface area (Å²) in [6, 6.07) is 3.26. The van der Waals surface area contributed by atoms with Crippen LogP contribution in [0.5, 0.6) is 0 Å². The second kappa shape index (κ2) is 5.19. The topological polar surface area (TPSA) is 49.4 Å². The number of nitrogens with zero attached hydrogens (tertiary/aromatic N) is 1. The molecule has 0 spiro atoms. The van der Waals surface area contributed by atoms with Crippen molar-refractivity contribution in [1.29, 1.82) is 0 Å². The van der Waals surface area contributed by atoms with Crippen molar-refractivity contribution in [3.05, 3.63) is 29.1 Å². The molecule has 6 heteroatoms. The van der Waals surface area contributed by atoms with Gasteiger partial charge in [0, 0.05) is 32.2 Å². The lowest BCUT2D eigenvalue weighted by Gasteiger charge is -2.14. The van der Waals surface area contributed by atoms with Crippen LogP contribution in [0.1, 0.15) is 24.0 Å². The van der Waals surface area contributed by atoms with Gasteiger partial charge in [0.1, 0.15) is 5.82 Å². The molecule has 1 N–H and O–H groups in total. The Kier molecular flexibility index (Phi) is 3.94. The summed E-state index contributed by atoms with van der Waals surface area (Å²) >= 11 is 0. The fourth-order valence-electron chi connectivity index (χ4n) is 1.84. The van der Waals surface area contributed by atoms with Gasteiger partial charge < -0.3 is 5.32 Å². The molecule has 1 aliphatic rings. The van der Waals surface area contributed by atoms with E-state index in [0.29, 0.717) is 23.7 Å². The number of halogens is 1. The van der Waals surface area contributed by atoms with Gasteiger partial charge in [-0.25, -0.2) is 17.1 Å². The standard InChI is InChI=1S/C13H19FN2O2S/c1-9-6-12(19(17,18)16(2)3)7-10(13(9)14)8-15-11-4-5-11/h6-7,11,15H,4-5,8H2,1-3H3. The molecule has 2 rings (SSSR count). The highest BCUT2D eigenvalue weighted by Gasteiger charge is 2.23. The van der Waals surface area contributed by atoms with Crippen LogP contribution in [-0.4, -0.2) is 32.9 Å². The average Bonchev–Trinajstić information content (AvgIpc) is 3.14. The predicted octanol–water partition coefficient (Wildman–Crippen LogP) is 1.64. The third kappa shape index (κ3) is 3.13. The molecule has 1 aromatic rings. The molecule has 0 amide bonds. The SMILES string of the molecule is Cc1cc(S(=O)(=O)N(C)C)cc(CNC2CC2)c1F. The maximum absolute atomic E-state index is 14.0. The highest BCUT2D eigenvalue weighted by Crippen LogP contribution is 2.23. The number of benzene rings is 1. The van der Waals surface area contributed by atoms with Crippen molar-refractivity contribution < 1.29 is 12.8 Å². The largest absolute Gasteiger partial charge is 0.310 e. The van der Waals surface area contributed by atoms with Gasteiger partial charge in [-0.05, 0) is 37.5 Å². The summed E-state index contributed by atoms with van der Waals surface area (Å²) in [5.74, 6) is -0.328. The highest BCUT2D eigenvalue weighted by atomic mass is 32.2. The van der Waals surface area contributed by atoms with Crippen LogP contribution >= 0.6 is 0 Å². The van der Waals surface area contributed by atoms with Gasteiger partial charge in [-0.2, -0.15) is 0 Å². The van der Waals surface area contributed by atoms with Crippen LogP contribution in [0, 0.1) is 12.7 Å². The van der Waals surface area contributed by atoms with Gasteiger partial charge in [-0.1, -0.05) is 0 Å². The summed E-state index contributed by atoms with van der Waals surface area (Å²) in [5.41, 5.74) is 0.767. The minimum atomic E-state index is -3.52. The number of rotatable bonds is 5. The third-order valence-electron chi connectivity index (χ3n) is 3.24. The summed E-state index contributed by atoms with van der Waals surface area (Å²) in [7, 11) is -0.586. The molecule has 1 aliphatic carbocycles. The summed E-state index contributed by atoms with van der Waals surface area (Å²) in [6.07, 6.45) is 2.21. The van der Waals surface area contributed by atoms with E-state index in [9.17, 15) is 12.8 Å². The van der Waals surface area contributed by atoms with Crippen molar-refractivity contribution in [3.8, 4) is 0 Å². The van der Waals surface area contributed by atoms with Crippen LogP contribution in [-0.2, 0) is 16.6 Å². The monoisotopic (exact) mass is 286 g/mol. The second-order valence-corrected chi connectivity index (χ2v) is 7.31. The van der Waals surface area contributed by atoms with Gasteiger partial charge in [0.25, 0.3) is 0 Å². The Morgan fingerprint density at radius 1 is 1.37 bits per heavy atom. The molecule has 19 heavy (non-hydrogen) atoms. The zero-order valence-electron chi connectivity index (χ0n) is 11.4. The van der Waals surface area contributed by atoms with Gasteiger partial charge in [0.05, 0.1) is 4.90 Å². The number of nitrogens with one attached hydrogen (secondary N) is 1. The van der Waals surface area contributed by atoms with E-state index >= 15 is 0 Å². The van der Waals surface area contributed by atoms with Gasteiger partial charge in [-0.15, -0.1) is 0 Å². The van der Waals surface area contributed by atoms with Crippen molar-refractivity contribution >= 4 is 10.0 Å². The van der Waals surface area contributed by atoms with Gasteiger partial charge in [0.2, 0.25) is 10.0 Å².